The zero-order valence-electron chi connectivity index (χ0n) is 11.5. The molecule has 3 nitrogen and oxygen atoms in total. The summed E-state index contributed by atoms with van der Waals surface area (Å²) in [4.78, 5) is 17.8. The predicted molar refractivity (Wildman–Crippen MR) is 88.9 cm³/mol. The first-order chi connectivity index (χ1) is 10.2. The van der Waals surface area contributed by atoms with E-state index in [1.165, 1.54) is 4.88 Å². The van der Waals surface area contributed by atoms with E-state index in [-0.39, 0.29) is 5.91 Å². The van der Waals surface area contributed by atoms with Crippen molar-refractivity contribution in [2.45, 2.75) is 13.3 Å². The monoisotopic (exact) mass is 314 g/mol. The number of hydrogen-bond acceptors (Lipinski definition) is 4. The number of carbonyl (C=O) groups excluding carboxylic acids is 1. The summed E-state index contributed by atoms with van der Waals surface area (Å²) in [7, 11) is 0. The van der Waals surface area contributed by atoms with Gasteiger partial charge in [-0.15, -0.1) is 11.3 Å². The lowest BCUT2D eigenvalue weighted by molar-refractivity contribution is -0.115. The highest BCUT2D eigenvalue weighted by Gasteiger charge is 2.11. The molecule has 0 aromatic carbocycles. The van der Waals surface area contributed by atoms with Crippen LogP contribution in [0.4, 0.5) is 5.69 Å². The molecule has 0 bridgehead atoms. The number of hydrogen-bond donors (Lipinski definition) is 1. The second-order valence-corrected chi connectivity index (χ2v) is 6.60. The number of rotatable bonds is 4. The maximum Gasteiger partial charge on any atom is 0.228 e. The third kappa shape index (κ3) is 3.37. The fourth-order valence-corrected chi connectivity index (χ4v) is 3.43. The lowest BCUT2D eigenvalue weighted by Gasteiger charge is -2.08. The van der Waals surface area contributed by atoms with Gasteiger partial charge >= 0.3 is 0 Å². The van der Waals surface area contributed by atoms with Gasteiger partial charge in [-0.05, 0) is 47.5 Å². The number of nitrogens with one attached hydrogen (secondary N) is 1. The van der Waals surface area contributed by atoms with Crippen LogP contribution in [0.25, 0.3) is 11.3 Å². The van der Waals surface area contributed by atoms with E-state index < -0.39 is 0 Å². The van der Waals surface area contributed by atoms with Gasteiger partial charge < -0.3 is 5.32 Å². The molecular weight excluding hydrogens is 300 g/mol. The normalized spacial score (nSPS) is 10.5. The van der Waals surface area contributed by atoms with Gasteiger partial charge in [0.15, 0.2) is 0 Å². The summed E-state index contributed by atoms with van der Waals surface area (Å²) in [5.74, 6) is -0.0189. The standard InChI is InChI=1S/C16H14N2OS2/c1-11-7-13(10-21-11)16-14(3-2-5-17-16)18-15(19)8-12-4-6-20-9-12/h2-7,9-10H,8H2,1H3,(H,18,19). The Morgan fingerprint density at radius 2 is 2.24 bits per heavy atom. The Balaban J connectivity index is 1.81. The molecule has 0 unspecified atom stereocenters. The molecule has 0 aliphatic heterocycles. The van der Waals surface area contributed by atoms with Crippen molar-refractivity contribution in [3.05, 3.63) is 57.0 Å². The molecule has 0 fully saturated rings. The van der Waals surface area contributed by atoms with Gasteiger partial charge in [-0.2, -0.15) is 11.3 Å². The fraction of sp³-hybridized carbons (Fsp3) is 0.125. The van der Waals surface area contributed by atoms with Crippen LogP contribution in [0, 0.1) is 6.92 Å². The van der Waals surface area contributed by atoms with Crippen molar-refractivity contribution in [3.63, 3.8) is 0 Å². The van der Waals surface area contributed by atoms with E-state index in [1.54, 1.807) is 28.9 Å². The summed E-state index contributed by atoms with van der Waals surface area (Å²) >= 11 is 3.28. The zero-order chi connectivity index (χ0) is 14.7. The molecule has 106 valence electrons. The molecule has 0 saturated heterocycles. The third-order valence-corrected chi connectivity index (χ3v) is 4.62. The van der Waals surface area contributed by atoms with Crippen molar-refractivity contribution >= 4 is 34.3 Å². The number of thiophene rings is 2. The Bertz CT molecular complexity index is 747. The van der Waals surface area contributed by atoms with E-state index in [9.17, 15) is 4.79 Å². The summed E-state index contributed by atoms with van der Waals surface area (Å²) in [6.45, 7) is 2.06. The van der Waals surface area contributed by atoms with Crippen LogP contribution in [-0.4, -0.2) is 10.9 Å². The highest BCUT2D eigenvalue weighted by atomic mass is 32.1. The maximum atomic E-state index is 12.1. The maximum absolute atomic E-state index is 12.1. The van der Waals surface area contributed by atoms with Crippen LogP contribution in [0.15, 0.2) is 46.6 Å². The topological polar surface area (TPSA) is 42.0 Å². The van der Waals surface area contributed by atoms with Gasteiger partial charge in [0.05, 0.1) is 17.8 Å². The fourth-order valence-electron chi connectivity index (χ4n) is 2.08. The smallest absolute Gasteiger partial charge is 0.228 e. The lowest BCUT2D eigenvalue weighted by atomic mass is 10.1. The average Bonchev–Trinajstić information content (AvgIpc) is 3.11. The molecule has 21 heavy (non-hydrogen) atoms. The number of anilines is 1. The highest BCUT2D eigenvalue weighted by Crippen LogP contribution is 2.29. The van der Waals surface area contributed by atoms with E-state index in [0.29, 0.717) is 6.42 Å². The molecule has 0 saturated carbocycles. The molecule has 0 spiro atoms. The molecule has 3 aromatic heterocycles. The van der Waals surface area contributed by atoms with Crippen LogP contribution >= 0.6 is 22.7 Å². The van der Waals surface area contributed by atoms with Crippen LogP contribution in [0.3, 0.4) is 0 Å². The largest absolute Gasteiger partial charge is 0.324 e. The van der Waals surface area contributed by atoms with E-state index >= 15 is 0 Å². The molecule has 3 heterocycles. The molecule has 0 aliphatic rings. The van der Waals surface area contributed by atoms with Crippen molar-refractivity contribution in [3.8, 4) is 11.3 Å². The number of aromatic nitrogens is 1. The van der Waals surface area contributed by atoms with Gasteiger partial charge in [0, 0.05) is 22.0 Å². The zero-order valence-corrected chi connectivity index (χ0v) is 13.1. The first-order valence-electron chi connectivity index (χ1n) is 6.54. The second kappa shape index (κ2) is 6.20. The van der Waals surface area contributed by atoms with Crippen molar-refractivity contribution in [1.82, 2.24) is 4.98 Å². The third-order valence-electron chi connectivity index (χ3n) is 3.03. The SMILES string of the molecule is Cc1cc(-c2ncccc2NC(=O)Cc2ccsc2)cs1. The Morgan fingerprint density at radius 3 is 2.95 bits per heavy atom. The number of pyridine rings is 1. The van der Waals surface area contributed by atoms with Gasteiger partial charge in [-0.25, -0.2) is 0 Å². The summed E-state index contributed by atoms with van der Waals surface area (Å²) in [5.41, 5.74) is 3.66. The van der Waals surface area contributed by atoms with E-state index in [1.807, 2.05) is 29.0 Å². The van der Waals surface area contributed by atoms with Gasteiger partial charge in [0.25, 0.3) is 0 Å². The van der Waals surface area contributed by atoms with Crippen LogP contribution < -0.4 is 5.32 Å². The average molecular weight is 314 g/mol. The van der Waals surface area contributed by atoms with Crippen molar-refractivity contribution in [2.75, 3.05) is 5.32 Å². The molecule has 5 heteroatoms. The molecule has 0 aliphatic carbocycles. The molecular formula is C16H14N2OS2. The van der Waals surface area contributed by atoms with Crippen LogP contribution in [0.2, 0.25) is 0 Å². The summed E-state index contributed by atoms with van der Waals surface area (Å²) in [5, 5.41) is 9.00. The molecule has 0 atom stereocenters. The summed E-state index contributed by atoms with van der Waals surface area (Å²) in [6.07, 6.45) is 2.14. The minimum atomic E-state index is -0.0189. The minimum Gasteiger partial charge on any atom is -0.324 e. The molecule has 3 rings (SSSR count). The lowest BCUT2D eigenvalue weighted by Crippen LogP contribution is -2.14. The van der Waals surface area contributed by atoms with Crippen LogP contribution in [0.5, 0.6) is 0 Å². The van der Waals surface area contributed by atoms with E-state index in [0.717, 1.165) is 22.5 Å². The van der Waals surface area contributed by atoms with Crippen molar-refractivity contribution in [2.24, 2.45) is 0 Å². The summed E-state index contributed by atoms with van der Waals surface area (Å²) < 4.78 is 0. The molecule has 1 amide bonds. The number of nitrogens with zero attached hydrogens (tertiary/aromatic N) is 1. The molecule has 1 N–H and O–H groups in total. The number of aryl methyl sites for hydroxylation is 1. The van der Waals surface area contributed by atoms with Crippen LogP contribution in [-0.2, 0) is 11.2 Å². The Hall–Kier alpha value is -1.98. The molecule has 3 aromatic rings. The van der Waals surface area contributed by atoms with Gasteiger partial charge in [-0.1, -0.05) is 0 Å². The van der Waals surface area contributed by atoms with Crippen LogP contribution in [0.1, 0.15) is 10.4 Å². The number of amides is 1. The highest BCUT2D eigenvalue weighted by molar-refractivity contribution is 7.10. The van der Waals surface area contributed by atoms with E-state index in [4.69, 9.17) is 0 Å². The Morgan fingerprint density at radius 1 is 1.33 bits per heavy atom. The van der Waals surface area contributed by atoms with Gasteiger partial charge in [-0.3, -0.25) is 9.78 Å². The summed E-state index contributed by atoms with van der Waals surface area (Å²) in [6, 6.07) is 7.78. The van der Waals surface area contributed by atoms with Crippen molar-refractivity contribution < 1.29 is 4.79 Å². The minimum absolute atomic E-state index is 0.0189. The second-order valence-electron chi connectivity index (χ2n) is 4.70. The molecule has 0 radical (unpaired) electrons. The quantitative estimate of drug-likeness (QED) is 0.777. The van der Waals surface area contributed by atoms with E-state index in [2.05, 4.69) is 28.7 Å². The van der Waals surface area contributed by atoms with Gasteiger partial charge in [0.2, 0.25) is 5.91 Å². The Labute approximate surface area is 131 Å². The Kier molecular flexibility index (Phi) is 4.13. The first kappa shape index (κ1) is 14.0. The predicted octanol–water partition coefficient (Wildman–Crippen LogP) is 4.36. The van der Waals surface area contributed by atoms with Crippen molar-refractivity contribution in [1.29, 1.82) is 0 Å². The number of carbonyl (C=O) groups is 1. The first-order valence-corrected chi connectivity index (χ1v) is 8.36. The van der Waals surface area contributed by atoms with Gasteiger partial charge in [0.1, 0.15) is 0 Å².